The number of halogens is 3. The third-order valence-electron chi connectivity index (χ3n) is 1.59. The summed E-state index contributed by atoms with van der Waals surface area (Å²) in [5.74, 6) is -0.945. The number of alkyl halides is 3. The zero-order valence-corrected chi connectivity index (χ0v) is 9.26. The van der Waals surface area contributed by atoms with Crippen LogP contribution in [0.4, 0.5) is 13.2 Å². The van der Waals surface area contributed by atoms with Crippen molar-refractivity contribution in [1.82, 2.24) is 9.97 Å². The average molecular weight is 220 g/mol. The van der Waals surface area contributed by atoms with E-state index in [2.05, 4.69) is 9.97 Å². The highest BCUT2D eigenvalue weighted by Gasteiger charge is 2.34. The van der Waals surface area contributed by atoms with Crippen molar-refractivity contribution < 1.29 is 13.2 Å². The van der Waals surface area contributed by atoms with E-state index in [1.807, 2.05) is 27.7 Å². The van der Waals surface area contributed by atoms with Crippen LogP contribution in [0.5, 0.6) is 0 Å². The van der Waals surface area contributed by atoms with Gasteiger partial charge in [0.1, 0.15) is 0 Å². The first kappa shape index (κ1) is 13.9. The minimum Gasteiger partial charge on any atom is -0.233 e. The van der Waals surface area contributed by atoms with E-state index >= 15 is 0 Å². The van der Waals surface area contributed by atoms with Gasteiger partial charge in [-0.15, -0.1) is 0 Å². The van der Waals surface area contributed by atoms with Crippen molar-refractivity contribution in [2.45, 2.75) is 39.8 Å². The quantitative estimate of drug-likeness (QED) is 0.722. The second kappa shape index (κ2) is 5.68. The van der Waals surface area contributed by atoms with Crippen molar-refractivity contribution in [1.29, 1.82) is 0 Å². The van der Waals surface area contributed by atoms with E-state index < -0.39 is 12.0 Å². The van der Waals surface area contributed by atoms with Crippen molar-refractivity contribution in [3.8, 4) is 0 Å². The summed E-state index contributed by atoms with van der Waals surface area (Å²) >= 11 is 0. The predicted molar refractivity (Wildman–Crippen MR) is 52.5 cm³/mol. The molecular formula is C10H15F3N2. The molecule has 15 heavy (non-hydrogen) atoms. The first-order chi connectivity index (χ1) is 6.91. The third kappa shape index (κ3) is 4.27. The van der Waals surface area contributed by atoms with Crippen molar-refractivity contribution in [2.24, 2.45) is 0 Å². The van der Waals surface area contributed by atoms with Crippen LogP contribution >= 0.6 is 0 Å². The molecule has 86 valence electrons. The summed E-state index contributed by atoms with van der Waals surface area (Å²) < 4.78 is 36.0. The summed E-state index contributed by atoms with van der Waals surface area (Å²) in [6.07, 6.45) is -2.03. The second-order valence-corrected chi connectivity index (χ2v) is 2.99. The van der Waals surface area contributed by atoms with Gasteiger partial charge in [0.2, 0.25) is 5.82 Å². The molecule has 0 bridgehead atoms. The summed E-state index contributed by atoms with van der Waals surface area (Å²) in [5, 5.41) is 0. The van der Waals surface area contributed by atoms with E-state index in [4.69, 9.17) is 0 Å². The smallest absolute Gasteiger partial charge is 0.233 e. The number of hydrogen-bond acceptors (Lipinski definition) is 2. The highest BCUT2D eigenvalue weighted by atomic mass is 19.4. The summed E-state index contributed by atoms with van der Waals surface area (Å²) in [5.41, 5.74) is 0.702. The fourth-order valence-corrected chi connectivity index (χ4v) is 0.783. The Kier molecular flexibility index (Phi) is 5.25. The molecule has 1 aromatic heterocycles. The van der Waals surface area contributed by atoms with Gasteiger partial charge in [-0.05, 0) is 11.5 Å². The third-order valence-corrected chi connectivity index (χ3v) is 1.59. The van der Waals surface area contributed by atoms with Crippen LogP contribution < -0.4 is 0 Å². The lowest BCUT2D eigenvalue weighted by Crippen LogP contribution is -2.11. The molecular weight excluding hydrogens is 205 g/mol. The molecule has 1 heterocycles. The molecule has 0 aromatic carbocycles. The van der Waals surface area contributed by atoms with Crippen LogP contribution in [-0.4, -0.2) is 9.97 Å². The molecule has 0 aliphatic heterocycles. The van der Waals surface area contributed by atoms with Crippen molar-refractivity contribution in [3.63, 3.8) is 0 Å². The van der Waals surface area contributed by atoms with Gasteiger partial charge in [-0.3, -0.25) is 0 Å². The SMILES string of the molecule is CC.CC(C)c1cnc(C(F)(F)F)nc1. The van der Waals surface area contributed by atoms with Gasteiger partial charge in [-0.25, -0.2) is 9.97 Å². The Morgan fingerprint density at radius 1 is 1.07 bits per heavy atom. The van der Waals surface area contributed by atoms with Crippen LogP contribution in [0.2, 0.25) is 0 Å². The lowest BCUT2D eigenvalue weighted by molar-refractivity contribution is -0.145. The molecule has 0 aliphatic rings. The fraction of sp³-hybridized carbons (Fsp3) is 0.600. The molecule has 1 aromatic rings. The summed E-state index contributed by atoms with van der Waals surface area (Å²) in [7, 11) is 0. The molecule has 0 spiro atoms. The van der Waals surface area contributed by atoms with Crippen LogP contribution in [0.25, 0.3) is 0 Å². The lowest BCUT2D eigenvalue weighted by atomic mass is 10.1. The van der Waals surface area contributed by atoms with Crippen LogP contribution in [0.3, 0.4) is 0 Å². The molecule has 2 nitrogen and oxygen atoms in total. The molecule has 0 saturated heterocycles. The van der Waals surface area contributed by atoms with E-state index in [0.29, 0.717) is 5.56 Å². The van der Waals surface area contributed by atoms with Gasteiger partial charge in [0.15, 0.2) is 0 Å². The first-order valence-corrected chi connectivity index (χ1v) is 4.80. The fourth-order valence-electron chi connectivity index (χ4n) is 0.783. The second-order valence-electron chi connectivity index (χ2n) is 2.99. The minimum absolute atomic E-state index is 0.141. The Hall–Kier alpha value is -1.13. The van der Waals surface area contributed by atoms with E-state index in [1.165, 1.54) is 12.4 Å². The molecule has 0 unspecified atom stereocenters. The summed E-state index contributed by atoms with van der Waals surface area (Å²) in [4.78, 5) is 6.47. The number of hydrogen-bond donors (Lipinski definition) is 0. The molecule has 5 heteroatoms. The van der Waals surface area contributed by atoms with Crippen LogP contribution in [-0.2, 0) is 6.18 Å². The molecule has 0 radical (unpaired) electrons. The lowest BCUT2D eigenvalue weighted by Gasteiger charge is -2.06. The van der Waals surface area contributed by atoms with Crippen LogP contribution in [0.15, 0.2) is 12.4 Å². The van der Waals surface area contributed by atoms with E-state index in [0.717, 1.165) is 0 Å². The van der Waals surface area contributed by atoms with E-state index in [-0.39, 0.29) is 5.92 Å². The van der Waals surface area contributed by atoms with Gasteiger partial charge in [0, 0.05) is 12.4 Å². The average Bonchev–Trinajstić information content (AvgIpc) is 2.20. The van der Waals surface area contributed by atoms with E-state index in [9.17, 15) is 13.2 Å². The highest BCUT2D eigenvalue weighted by Crippen LogP contribution is 2.25. The van der Waals surface area contributed by atoms with Crippen molar-refractivity contribution in [3.05, 3.63) is 23.8 Å². The largest absolute Gasteiger partial charge is 0.451 e. The number of aromatic nitrogens is 2. The standard InChI is InChI=1S/C8H9F3N2.C2H6/c1-5(2)6-3-12-7(13-4-6)8(9,10)11;1-2/h3-5H,1-2H3;1-2H3. The molecule has 0 atom stereocenters. The molecule has 0 aliphatic carbocycles. The Labute approximate surface area is 87.6 Å². The Morgan fingerprint density at radius 3 is 1.73 bits per heavy atom. The normalized spacial score (nSPS) is 10.9. The minimum atomic E-state index is -4.45. The maximum absolute atomic E-state index is 12.0. The van der Waals surface area contributed by atoms with Gasteiger partial charge in [-0.2, -0.15) is 13.2 Å². The van der Waals surface area contributed by atoms with Crippen LogP contribution in [0, 0.1) is 0 Å². The first-order valence-electron chi connectivity index (χ1n) is 4.80. The molecule has 0 amide bonds. The van der Waals surface area contributed by atoms with Gasteiger partial charge in [-0.1, -0.05) is 27.7 Å². The Morgan fingerprint density at radius 2 is 1.47 bits per heavy atom. The zero-order valence-electron chi connectivity index (χ0n) is 9.26. The van der Waals surface area contributed by atoms with Gasteiger partial charge in [0.25, 0.3) is 0 Å². The van der Waals surface area contributed by atoms with Gasteiger partial charge >= 0.3 is 6.18 Å². The van der Waals surface area contributed by atoms with Gasteiger partial charge in [0.05, 0.1) is 0 Å². The topological polar surface area (TPSA) is 25.8 Å². The molecule has 1 rings (SSSR count). The predicted octanol–water partition coefficient (Wildman–Crippen LogP) is 3.65. The maximum Gasteiger partial charge on any atom is 0.451 e. The zero-order chi connectivity index (χ0) is 12.1. The molecule has 0 saturated carbocycles. The Balaban J connectivity index is 0.000000921. The van der Waals surface area contributed by atoms with Crippen molar-refractivity contribution in [2.75, 3.05) is 0 Å². The monoisotopic (exact) mass is 220 g/mol. The molecule has 0 fully saturated rings. The van der Waals surface area contributed by atoms with Crippen molar-refractivity contribution >= 4 is 0 Å². The Bertz CT molecular complexity index is 278. The van der Waals surface area contributed by atoms with Gasteiger partial charge < -0.3 is 0 Å². The summed E-state index contributed by atoms with van der Waals surface area (Å²) in [6.45, 7) is 7.73. The summed E-state index contributed by atoms with van der Waals surface area (Å²) in [6, 6.07) is 0. The van der Waals surface area contributed by atoms with E-state index in [1.54, 1.807) is 0 Å². The number of nitrogens with zero attached hydrogens (tertiary/aromatic N) is 2. The molecule has 0 N–H and O–H groups in total. The highest BCUT2D eigenvalue weighted by molar-refractivity contribution is 5.10. The number of rotatable bonds is 1. The van der Waals surface area contributed by atoms with Crippen LogP contribution in [0.1, 0.15) is 45.0 Å². The maximum atomic E-state index is 12.0.